The number of nitrogens with one attached hydrogen (secondary N) is 1. The van der Waals surface area contributed by atoms with Crippen LogP contribution in [0.1, 0.15) is 23.7 Å². The summed E-state index contributed by atoms with van der Waals surface area (Å²) >= 11 is 0. The van der Waals surface area contributed by atoms with Gasteiger partial charge in [0.1, 0.15) is 0 Å². The lowest BCUT2D eigenvalue weighted by Crippen LogP contribution is -2.43. The second kappa shape index (κ2) is 5.84. The summed E-state index contributed by atoms with van der Waals surface area (Å²) in [5.41, 5.74) is 6.21. The highest BCUT2D eigenvalue weighted by Crippen LogP contribution is 2.11. The fourth-order valence-corrected chi connectivity index (χ4v) is 2.22. The lowest BCUT2D eigenvalue weighted by Gasteiger charge is -2.19. The fraction of sp³-hybridized carbons (Fsp3) is 0.429. The summed E-state index contributed by atoms with van der Waals surface area (Å²) in [7, 11) is 0. The Labute approximate surface area is 112 Å². The maximum atomic E-state index is 12.0. The molecular formula is C14H19N3O2. The third-order valence-corrected chi connectivity index (χ3v) is 3.26. The molecule has 2 rings (SSSR count). The number of likely N-dealkylation sites (tertiary alicyclic amines) is 1. The smallest absolute Gasteiger partial charge is 0.251 e. The number of carbonyl (C=O) groups is 2. The van der Waals surface area contributed by atoms with Crippen LogP contribution in [0.5, 0.6) is 0 Å². The molecule has 0 spiro atoms. The topological polar surface area (TPSA) is 75.4 Å². The van der Waals surface area contributed by atoms with Crippen LogP contribution in [0.15, 0.2) is 30.3 Å². The molecule has 2 unspecified atom stereocenters. The minimum atomic E-state index is -0.483. The van der Waals surface area contributed by atoms with E-state index in [0.29, 0.717) is 18.7 Å². The first kappa shape index (κ1) is 13.5. The Morgan fingerprint density at radius 1 is 1.37 bits per heavy atom. The van der Waals surface area contributed by atoms with Gasteiger partial charge in [-0.05, 0) is 25.5 Å². The van der Waals surface area contributed by atoms with Crippen molar-refractivity contribution in [3.8, 4) is 0 Å². The van der Waals surface area contributed by atoms with Crippen LogP contribution < -0.4 is 11.1 Å². The number of hydrogen-bond acceptors (Lipinski definition) is 3. The van der Waals surface area contributed by atoms with E-state index in [9.17, 15) is 9.59 Å². The number of nitrogens with two attached hydrogens (primary N) is 1. The van der Waals surface area contributed by atoms with E-state index in [4.69, 9.17) is 5.73 Å². The number of rotatable bonds is 3. The summed E-state index contributed by atoms with van der Waals surface area (Å²) in [6.45, 7) is 2.87. The highest BCUT2D eigenvalue weighted by Gasteiger charge is 2.28. The Bertz CT molecular complexity index is 459. The lowest BCUT2D eigenvalue weighted by molar-refractivity contribution is -0.131. The monoisotopic (exact) mass is 261 g/mol. The summed E-state index contributed by atoms with van der Waals surface area (Å²) in [5, 5.41) is 2.95. The molecule has 1 heterocycles. The van der Waals surface area contributed by atoms with Crippen molar-refractivity contribution in [3.63, 3.8) is 0 Å². The number of hydrogen-bond donors (Lipinski definition) is 2. The largest absolute Gasteiger partial charge is 0.347 e. The van der Waals surface area contributed by atoms with Crippen molar-refractivity contribution in [2.45, 2.75) is 25.4 Å². The first-order valence-corrected chi connectivity index (χ1v) is 6.48. The Morgan fingerprint density at radius 2 is 2.05 bits per heavy atom. The van der Waals surface area contributed by atoms with Crippen molar-refractivity contribution in [1.29, 1.82) is 0 Å². The third kappa shape index (κ3) is 3.32. The molecule has 1 fully saturated rings. The summed E-state index contributed by atoms with van der Waals surface area (Å²) in [4.78, 5) is 25.4. The third-order valence-electron chi connectivity index (χ3n) is 3.26. The van der Waals surface area contributed by atoms with Gasteiger partial charge in [0.15, 0.2) is 0 Å². The zero-order chi connectivity index (χ0) is 13.8. The maximum absolute atomic E-state index is 12.0. The van der Waals surface area contributed by atoms with E-state index in [-0.39, 0.29) is 17.9 Å². The standard InChI is InChI=1S/C14H19N3O2/c1-10(15)14(19)17-8-7-12(9-17)16-13(18)11-5-3-2-4-6-11/h2-6,10,12H,7-9,15H2,1H3,(H,16,18). The predicted octanol–water partition coefficient (Wildman–Crippen LogP) is 0.365. The molecule has 102 valence electrons. The van der Waals surface area contributed by atoms with Gasteiger partial charge in [0.05, 0.1) is 6.04 Å². The summed E-state index contributed by atoms with van der Waals surface area (Å²) in [5.74, 6) is -0.155. The number of benzene rings is 1. The summed E-state index contributed by atoms with van der Waals surface area (Å²) < 4.78 is 0. The maximum Gasteiger partial charge on any atom is 0.251 e. The van der Waals surface area contributed by atoms with Crippen LogP contribution in [-0.4, -0.2) is 41.9 Å². The molecular weight excluding hydrogens is 242 g/mol. The molecule has 1 aromatic rings. The van der Waals surface area contributed by atoms with Crippen LogP contribution in [0, 0.1) is 0 Å². The van der Waals surface area contributed by atoms with Crippen LogP contribution in [0.2, 0.25) is 0 Å². The normalized spacial score (nSPS) is 20.1. The van der Waals surface area contributed by atoms with Crippen LogP contribution >= 0.6 is 0 Å². The van der Waals surface area contributed by atoms with E-state index in [2.05, 4.69) is 5.32 Å². The molecule has 1 aromatic carbocycles. The highest BCUT2D eigenvalue weighted by molar-refractivity contribution is 5.94. The number of amides is 2. The van der Waals surface area contributed by atoms with Crippen LogP contribution in [0.25, 0.3) is 0 Å². The van der Waals surface area contributed by atoms with E-state index in [1.165, 1.54) is 0 Å². The van der Waals surface area contributed by atoms with Gasteiger partial charge in [-0.3, -0.25) is 9.59 Å². The SMILES string of the molecule is CC(N)C(=O)N1CCC(NC(=O)c2ccccc2)C1. The van der Waals surface area contributed by atoms with Gasteiger partial charge in [0.25, 0.3) is 5.91 Å². The quantitative estimate of drug-likeness (QED) is 0.825. The molecule has 2 amide bonds. The predicted molar refractivity (Wildman–Crippen MR) is 72.5 cm³/mol. The molecule has 1 saturated heterocycles. The van der Waals surface area contributed by atoms with E-state index < -0.39 is 6.04 Å². The average molecular weight is 261 g/mol. The molecule has 0 radical (unpaired) electrons. The Hall–Kier alpha value is -1.88. The summed E-state index contributed by atoms with van der Waals surface area (Å²) in [6.07, 6.45) is 0.775. The Balaban J connectivity index is 1.89. The first-order valence-electron chi connectivity index (χ1n) is 6.48. The van der Waals surface area contributed by atoms with Gasteiger partial charge in [-0.2, -0.15) is 0 Å². The molecule has 0 aromatic heterocycles. The molecule has 0 saturated carbocycles. The molecule has 19 heavy (non-hydrogen) atoms. The van der Waals surface area contributed by atoms with Crippen molar-refractivity contribution in [2.24, 2.45) is 5.73 Å². The van der Waals surface area contributed by atoms with Crippen molar-refractivity contribution < 1.29 is 9.59 Å². The van der Waals surface area contributed by atoms with Gasteiger partial charge in [0.2, 0.25) is 5.91 Å². The number of nitrogens with zero attached hydrogens (tertiary/aromatic N) is 1. The van der Waals surface area contributed by atoms with Gasteiger partial charge in [-0.1, -0.05) is 18.2 Å². The van der Waals surface area contributed by atoms with E-state index in [1.54, 1.807) is 24.0 Å². The van der Waals surface area contributed by atoms with Crippen LogP contribution in [-0.2, 0) is 4.79 Å². The summed E-state index contributed by atoms with van der Waals surface area (Å²) in [6, 6.07) is 8.60. The molecule has 1 aliphatic rings. The highest BCUT2D eigenvalue weighted by atomic mass is 16.2. The van der Waals surface area contributed by atoms with Gasteiger partial charge >= 0.3 is 0 Å². The van der Waals surface area contributed by atoms with Crippen LogP contribution in [0.3, 0.4) is 0 Å². The molecule has 5 heteroatoms. The Morgan fingerprint density at radius 3 is 2.68 bits per heavy atom. The van der Waals surface area contributed by atoms with Gasteiger partial charge in [-0.25, -0.2) is 0 Å². The average Bonchev–Trinajstić information content (AvgIpc) is 2.87. The van der Waals surface area contributed by atoms with Crippen molar-refractivity contribution in [1.82, 2.24) is 10.2 Å². The van der Waals surface area contributed by atoms with E-state index in [1.807, 2.05) is 18.2 Å². The second-order valence-electron chi connectivity index (χ2n) is 4.90. The first-order chi connectivity index (χ1) is 9.08. The lowest BCUT2D eigenvalue weighted by atomic mass is 10.2. The van der Waals surface area contributed by atoms with Gasteiger partial charge < -0.3 is 16.0 Å². The molecule has 5 nitrogen and oxygen atoms in total. The molecule has 1 aliphatic heterocycles. The fourth-order valence-electron chi connectivity index (χ4n) is 2.22. The van der Waals surface area contributed by atoms with Crippen molar-refractivity contribution >= 4 is 11.8 Å². The zero-order valence-corrected chi connectivity index (χ0v) is 11.0. The van der Waals surface area contributed by atoms with E-state index in [0.717, 1.165) is 6.42 Å². The second-order valence-corrected chi connectivity index (χ2v) is 4.90. The van der Waals surface area contributed by atoms with E-state index >= 15 is 0 Å². The van der Waals surface area contributed by atoms with Crippen molar-refractivity contribution in [3.05, 3.63) is 35.9 Å². The molecule has 0 bridgehead atoms. The molecule has 2 atom stereocenters. The molecule has 3 N–H and O–H groups in total. The van der Waals surface area contributed by atoms with Crippen molar-refractivity contribution in [2.75, 3.05) is 13.1 Å². The van der Waals surface area contributed by atoms with Crippen LogP contribution in [0.4, 0.5) is 0 Å². The van der Waals surface area contributed by atoms with Gasteiger partial charge in [-0.15, -0.1) is 0 Å². The Kier molecular flexibility index (Phi) is 4.16. The zero-order valence-electron chi connectivity index (χ0n) is 11.0. The minimum Gasteiger partial charge on any atom is -0.347 e. The molecule has 0 aliphatic carbocycles. The minimum absolute atomic E-state index is 0.00964. The van der Waals surface area contributed by atoms with Gasteiger partial charge in [0, 0.05) is 24.7 Å². The number of carbonyl (C=O) groups excluding carboxylic acids is 2.